The van der Waals surface area contributed by atoms with Crippen LogP contribution in [-0.4, -0.2) is 9.55 Å². The molecule has 3 rings (SSSR count). The molecule has 0 aliphatic heterocycles. The second-order valence-electron chi connectivity index (χ2n) is 5.70. The van der Waals surface area contributed by atoms with Crippen molar-refractivity contribution in [1.29, 1.82) is 0 Å². The molecule has 0 spiro atoms. The van der Waals surface area contributed by atoms with Crippen LogP contribution in [0.5, 0.6) is 0 Å². The molecule has 0 unspecified atom stereocenters. The number of hydrogen-bond acceptors (Lipinski definition) is 1. The van der Waals surface area contributed by atoms with Crippen molar-refractivity contribution in [2.24, 2.45) is 5.92 Å². The van der Waals surface area contributed by atoms with Crippen LogP contribution in [-0.2, 0) is 5.88 Å². The molecular weight excluding hydrogens is 390 g/mol. The molecule has 0 atom stereocenters. The van der Waals surface area contributed by atoms with Gasteiger partial charge in [0.2, 0.25) is 0 Å². The summed E-state index contributed by atoms with van der Waals surface area (Å²) in [6.07, 6.45) is 4.70. The maximum Gasteiger partial charge on any atom is 0.138 e. The van der Waals surface area contributed by atoms with Gasteiger partial charge in [0.15, 0.2) is 0 Å². The summed E-state index contributed by atoms with van der Waals surface area (Å²) in [7, 11) is 0. The van der Waals surface area contributed by atoms with Gasteiger partial charge in [0.05, 0.1) is 20.5 Å². The minimum absolute atomic E-state index is 0.176. The van der Waals surface area contributed by atoms with E-state index in [9.17, 15) is 4.39 Å². The van der Waals surface area contributed by atoms with Crippen molar-refractivity contribution in [3.63, 3.8) is 0 Å². The highest BCUT2D eigenvalue weighted by atomic mass is 127. The standard InChI is InChI=1S/C15H17ClFIN2/c1-9-2-4-10(5-3-9)20-14-6-11(17)12(18)7-13(14)19-15(20)8-16/h6-7,9-10H,2-5,8H2,1H3. The zero-order valence-electron chi connectivity index (χ0n) is 11.4. The molecule has 20 heavy (non-hydrogen) atoms. The second-order valence-corrected chi connectivity index (χ2v) is 7.13. The maximum absolute atomic E-state index is 13.9. The molecule has 2 aromatic rings. The lowest BCUT2D eigenvalue weighted by molar-refractivity contribution is 0.290. The minimum atomic E-state index is -0.176. The smallest absolute Gasteiger partial charge is 0.138 e. The third-order valence-electron chi connectivity index (χ3n) is 4.27. The first-order chi connectivity index (χ1) is 9.60. The van der Waals surface area contributed by atoms with Crippen LogP contribution < -0.4 is 0 Å². The fourth-order valence-electron chi connectivity index (χ4n) is 3.14. The number of alkyl halides is 1. The largest absolute Gasteiger partial charge is 0.324 e. The van der Waals surface area contributed by atoms with Crippen LogP contribution in [0.4, 0.5) is 4.39 Å². The molecule has 0 saturated heterocycles. The Morgan fingerprint density at radius 1 is 1.35 bits per heavy atom. The molecule has 1 aliphatic carbocycles. The van der Waals surface area contributed by atoms with Gasteiger partial charge in [-0.05, 0) is 60.3 Å². The van der Waals surface area contributed by atoms with Crippen molar-refractivity contribution in [1.82, 2.24) is 9.55 Å². The molecule has 1 aromatic carbocycles. The van der Waals surface area contributed by atoms with E-state index in [2.05, 4.69) is 16.5 Å². The van der Waals surface area contributed by atoms with E-state index in [1.165, 1.54) is 12.8 Å². The Balaban J connectivity index is 2.10. The highest BCUT2D eigenvalue weighted by Gasteiger charge is 2.24. The van der Waals surface area contributed by atoms with Crippen LogP contribution in [0.2, 0.25) is 0 Å². The number of nitrogens with zero attached hydrogens (tertiary/aromatic N) is 2. The second kappa shape index (κ2) is 5.79. The van der Waals surface area contributed by atoms with Gasteiger partial charge < -0.3 is 4.57 Å². The molecule has 0 amide bonds. The van der Waals surface area contributed by atoms with Gasteiger partial charge >= 0.3 is 0 Å². The average Bonchev–Trinajstić information content (AvgIpc) is 2.78. The molecule has 108 valence electrons. The van der Waals surface area contributed by atoms with Crippen LogP contribution in [0, 0.1) is 15.3 Å². The Bertz CT molecular complexity index is 632. The fourth-order valence-corrected chi connectivity index (χ4v) is 3.78. The van der Waals surface area contributed by atoms with Crippen molar-refractivity contribution in [2.75, 3.05) is 0 Å². The molecule has 0 radical (unpaired) electrons. The van der Waals surface area contributed by atoms with Gasteiger partial charge in [-0.1, -0.05) is 6.92 Å². The summed E-state index contributed by atoms with van der Waals surface area (Å²) in [5.41, 5.74) is 1.74. The Hall–Kier alpha value is -0.360. The zero-order valence-corrected chi connectivity index (χ0v) is 14.3. The predicted molar refractivity (Wildman–Crippen MR) is 88.6 cm³/mol. The Kier molecular flexibility index (Phi) is 4.22. The minimum Gasteiger partial charge on any atom is -0.324 e. The topological polar surface area (TPSA) is 17.8 Å². The Morgan fingerprint density at radius 3 is 2.70 bits per heavy atom. The lowest BCUT2D eigenvalue weighted by Gasteiger charge is -2.28. The van der Waals surface area contributed by atoms with Gasteiger partial charge in [0.25, 0.3) is 0 Å². The highest BCUT2D eigenvalue weighted by Crippen LogP contribution is 2.36. The number of imidazole rings is 1. The third kappa shape index (κ3) is 2.56. The van der Waals surface area contributed by atoms with Crippen molar-refractivity contribution in [3.05, 3.63) is 27.3 Å². The first-order valence-electron chi connectivity index (χ1n) is 7.02. The normalized spacial score (nSPS) is 23.4. The zero-order chi connectivity index (χ0) is 14.3. The molecule has 2 nitrogen and oxygen atoms in total. The van der Waals surface area contributed by atoms with Crippen molar-refractivity contribution in [3.8, 4) is 0 Å². The summed E-state index contributed by atoms with van der Waals surface area (Å²) >= 11 is 8.06. The summed E-state index contributed by atoms with van der Waals surface area (Å²) in [6, 6.07) is 3.82. The number of rotatable bonds is 2. The SMILES string of the molecule is CC1CCC(n2c(CCl)nc3cc(I)c(F)cc32)CC1. The maximum atomic E-state index is 13.9. The molecule has 1 saturated carbocycles. The molecule has 5 heteroatoms. The van der Waals surface area contributed by atoms with Crippen molar-refractivity contribution >= 4 is 45.2 Å². The van der Waals surface area contributed by atoms with Crippen molar-refractivity contribution < 1.29 is 4.39 Å². The van der Waals surface area contributed by atoms with E-state index in [-0.39, 0.29) is 5.82 Å². The van der Waals surface area contributed by atoms with Crippen LogP contribution in [0.25, 0.3) is 11.0 Å². The molecule has 1 aromatic heterocycles. The summed E-state index contributed by atoms with van der Waals surface area (Å²) in [5.74, 6) is 1.85. The number of fused-ring (bicyclic) bond motifs is 1. The molecule has 1 heterocycles. The van der Waals surface area contributed by atoms with Crippen LogP contribution in [0.1, 0.15) is 44.5 Å². The predicted octanol–water partition coefficient (Wildman–Crippen LogP) is 5.27. The summed E-state index contributed by atoms with van der Waals surface area (Å²) < 4.78 is 16.7. The quantitative estimate of drug-likeness (QED) is 0.491. The Morgan fingerprint density at radius 2 is 2.05 bits per heavy atom. The number of hydrogen-bond donors (Lipinski definition) is 0. The first kappa shape index (κ1) is 14.6. The third-order valence-corrected chi connectivity index (χ3v) is 5.34. The number of benzene rings is 1. The van der Waals surface area contributed by atoms with Gasteiger partial charge in [-0.2, -0.15) is 0 Å². The number of aromatic nitrogens is 2. The molecular formula is C15H17ClFIN2. The van der Waals surface area contributed by atoms with E-state index in [0.717, 1.165) is 35.6 Å². The average molecular weight is 407 g/mol. The molecule has 1 aliphatic rings. The molecule has 1 fully saturated rings. The van der Waals surface area contributed by atoms with E-state index in [1.54, 1.807) is 6.07 Å². The summed E-state index contributed by atoms with van der Waals surface area (Å²) in [5, 5.41) is 0. The van der Waals surface area contributed by atoms with E-state index >= 15 is 0 Å². The lowest BCUT2D eigenvalue weighted by atomic mass is 9.87. The van der Waals surface area contributed by atoms with E-state index < -0.39 is 0 Å². The van der Waals surface area contributed by atoms with Gasteiger partial charge in [0, 0.05) is 12.1 Å². The molecule has 0 bridgehead atoms. The molecule has 0 N–H and O–H groups in total. The lowest BCUT2D eigenvalue weighted by Crippen LogP contribution is -2.18. The van der Waals surface area contributed by atoms with E-state index in [1.807, 2.05) is 28.7 Å². The van der Waals surface area contributed by atoms with Crippen LogP contribution >= 0.6 is 34.2 Å². The monoisotopic (exact) mass is 406 g/mol. The van der Waals surface area contributed by atoms with Gasteiger partial charge in [0.1, 0.15) is 11.6 Å². The van der Waals surface area contributed by atoms with E-state index in [0.29, 0.717) is 15.5 Å². The first-order valence-corrected chi connectivity index (χ1v) is 8.63. The van der Waals surface area contributed by atoms with Gasteiger partial charge in [-0.15, -0.1) is 11.6 Å². The Labute approximate surface area is 136 Å². The summed E-state index contributed by atoms with van der Waals surface area (Å²) in [6.45, 7) is 2.30. The van der Waals surface area contributed by atoms with Crippen LogP contribution in [0.15, 0.2) is 12.1 Å². The van der Waals surface area contributed by atoms with E-state index in [4.69, 9.17) is 11.6 Å². The van der Waals surface area contributed by atoms with Crippen LogP contribution in [0.3, 0.4) is 0 Å². The highest BCUT2D eigenvalue weighted by molar-refractivity contribution is 14.1. The summed E-state index contributed by atoms with van der Waals surface area (Å²) in [4.78, 5) is 4.59. The number of halogens is 3. The van der Waals surface area contributed by atoms with Gasteiger partial charge in [-0.3, -0.25) is 0 Å². The van der Waals surface area contributed by atoms with Gasteiger partial charge in [-0.25, -0.2) is 9.37 Å². The van der Waals surface area contributed by atoms with Crippen molar-refractivity contribution in [2.45, 2.75) is 44.5 Å². The fraction of sp³-hybridized carbons (Fsp3) is 0.533.